The lowest BCUT2D eigenvalue weighted by atomic mass is 10.2. The first-order valence-electron chi connectivity index (χ1n) is 8.27. The van der Waals surface area contributed by atoms with Gasteiger partial charge in [-0.3, -0.25) is 9.10 Å². The Morgan fingerprint density at radius 2 is 1.88 bits per heavy atom. The van der Waals surface area contributed by atoms with Crippen molar-refractivity contribution in [3.05, 3.63) is 58.6 Å². The zero-order chi connectivity index (χ0) is 19.3. The van der Waals surface area contributed by atoms with Gasteiger partial charge in [0.05, 0.1) is 11.9 Å². The number of anilines is 2. The first-order chi connectivity index (χ1) is 12.2. The van der Waals surface area contributed by atoms with Crippen LogP contribution in [0.3, 0.4) is 0 Å². The summed E-state index contributed by atoms with van der Waals surface area (Å²) in [6.45, 7) is 4.02. The maximum Gasteiger partial charge on any atom is 0.232 e. The highest BCUT2D eigenvalue weighted by molar-refractivity contribution is 7.92. The van der Waals surface area contributed by atoms with Gasteiger partial charge < -0.3 is 5.32 Å². The van der Waals surface area contributed by atoms with E-state index < -0.39 is 10.0 Å². The Balaban J connectivity index is 1.98. The molecule has 2 aromatic carbocycles. The maximum atomic E-state index is 12.2. The second kappa shape index (κ2) is 8.56. The number of nitrogens with one attached hydrogen (secondary N) is 1. The Morgan fingerprint density at radius 1 is 1.15 bits per heavy atom. The second-order valence-electron chi connectivity index (χ2n) is 6.29. The van der Waals surface area contributed by atoms with Crippen molar-refractivity contribution >= 4 is 38.9 Å². The van der Waals surface area contributed by atoms with Crippen molar-refractivity contribution in [2.75, 3.05) is 22.4 Å². The molecule has 5 nitrogen and oxygen atoms in total. The van der Waals surface area contributed by atoms with E-state index in [0.29, 0.717) is 22.8 Å². The van der Waals surface area contributed by atoms with Crippen LogP contribution in [0.4, 0.5) is 11.4 Å². The monoisotopic (exact) mass is 394 g/mol. The van der Waals surface area contributed by atoms with Crippen LogP contribution in [0.1, 0.15) is 24.0 Å². The van der Waals surface area contributed by atoms with Gasteiger partial charge in [0.2, 0.25) is 15.9 Å². The summed E-state index contributed by atoms with van der Waals surface area (Å²) in [6.07, 6.45) is 1.81. The first-order valence-corrected chi connectivity index (χ1v) is 10.5. The van der Waals surface area contributed by atoms with E-state index in [0.717, 1.165) is 11.1 Å². The summed E-state index contributed by atoms with van der Waals surface area (Å²) in [7, 11) is -3.42. The lowest BCUT2D eigenvalue weighted by molar-refractivity contribution is -0.116. The third-order valence-electron chi connectivity index (χ3n) is 3.92. The van der Waals surface area contributed by atoms with Crippen LogP contribution < -0.4 is 9.62 Å². The van der Waals surface area contributed by atoms with Gasteiger partial charge in [-0.2, -0.15) is 0 Å². The molecule has 0 heterocycles. The van der Waals surface area contributed by atoms with Crippen molar-refractivity contribution < 1.29 is 13.2 Å². The number of halogens is 1. The summed E-state index contributed by atoms with van der Waals surface area (Å²) in [5, 5.41) is 3.45. The summed E-state index contributed by atoms with van der Waals surface area (Å²) in [5.74, 6) is -0.159. The zero-order valence-electron chi connectivity index (χ0n) is 15.1. The molecular weight excluding hydrogens is 372 g/mol. The molecule has 0 aliphatic rings. The van der Waals surface area contributed by atoms with Gasteiger partial charge in [-0.25, -0.2) is 8.42 Å². The standard InChI is InChI=1S/C19H23ClN2O3S/c1-14-6-4-7-17(12-14)22(26(3,24)25)11-5-8-19(23)21-18-10-9-16(20)13-15(18)2/h4,6-7,9-10,12-13H,5,8,11H2,1-3H3,(H,21,23). The first kappa shape index (κ1) is 20.3. The Hall–Kier alpha value is -2.05. The van der Waals surface area contributed by atoms with Crippen molar-refractivity contribution in [3.8, 4) is 0 Å². The number of hydrogen-bond acceptors (Lipinski definition) is 3. The highest BCUT2D eigenvalue weighted by Gasteiger charge is 2.17. The smallest absolute Gasteiger partial charge is 0.232 e. The fourth-order valence-electron chi connectivity index (χ4n) is 2.63. The lowest BCUT2D eigenvalue weighted by Gasteiger charge is -2.22. The van der Waals surface area contributed by atoms with Crippen LogP contribution in [-0.2, 0) is 14.8 Å². The fraction of sp³-hybridized carbons (Fsp3) is 0.316. The predicted octanol–water partition coefficient (Wildman–Crippen LogP) is 4.14. The van der Waals surface area contributed by atoms with Crippen molar-refractivity contribution in [1.82, 2.24) is 0 Å². The molecule has 0 atom stereocenters. The van der Waals surface area contributed by atoms with Crippen LogP contribution in [0.25, 0.3) is 0 Å². The molecule has 1 amide bonds. The molecule has 2 aromatic rings. The topological polar surface area (TPSA) is 66.5 Å². The number of rotatable bonds is 7. The molecule has 0 spiro atoms. The molecule has 2 rings (SSSR count). The largest absolute Gasteiger partial charge is 0.326 e. The number of sulfonamides is 1. The highest BCUT2D eigenvalue weighted by atomic mass is 35.5. The van der Waals surface area contributed by atoms with Gasteiger partial charge in [0.1, 0.15) is 0 Å². The minimum atomic E-state index is -3.42. The summed E-state index contributed by atoms with van der Waals surface area (Å²) in [6, 6.07) is 12.5. The summed E-state index contributed by atoms with van der Waals surface area (Å²) < 4.78 is 25.5. The number of benzene rings is 2. The van der Waals surface area contributed by atoms with Gasteiger partial charge in [-0.05, 0) is 61.7 Å². The normalized spacial score (nSPS) is 11.2. The van der Waals surface area contributed by atoms with E-state index in [2.05, 4.69) is 5.32 Å². The van der Waals surface area contributed by atoms with E-state index >= 15 is 0 Å². The van der Waals surface area contributed by atoms with Crippen molar-refractivity contribution in [2.24, 2.45) is 0 Å². The molecule has 0 saturated carbocycles. The minimum absolute atomic E-state index is 0.159. The molecule has 0 aromatic heterocycles. The van der Waals surface area contributed by atoms with E-state index in [1.54, 1.807) is 24.3 Å². The van der Waals surface area contributed by atoms with E-state index in [-0.39, 0.29) is 18.9 Å². The van der Waals surface area contributed by atoms with Gasteiger partial charge in [-0.15, -0.1) is 0 Å². The van der Waals surface area contributed by atoms with Crippen LogP contribution in [0.15, 0.2) is 42.5 Å². The Kier molecular flexibility index (Phi) is 6.67. The Bertz CT molecular complexity index is 897. The van der Waals surface area contributed by atoms with Gasteiger partial charge in [0.15, 0.2) is 0 Å². The fourth-order valence-corrected chi connectivity index (χ4v) is 3.82. The highest BCUT2D eigenvalue weighted by Crippen LogP contribution is 2.21. The molecule has 7 heteroatoms. The summed E-state index contributed by atoms with van der Waals surface area (Å²) in [4.78, 5) is 12.2. The second-order valence-corrected chi connectivity index (χ2v) is 8.63. The van der Waals surface area contributed by atoms with Crippen LogP contribution in [0.2, 0.25) is 5.02 Å². The summed E-state index contributed by atoms with van der Waals surface area (Å²) in [5.41, 5.74) is 3.18. The van der Waals surface area contributed by atoms with E-state index in [1.807, 2.05) is 32.0 Å². The Labute approximate surface area is 160 Å². The molecule has 0 unspecified atom stereocenters. The molecule has 1 N–H and O–H groups in total. The minimum Gasteiger partial charge on any atom is -0.326 e. The zero-order valence-corrected chi connectivity index (χ0v) is 16.7. The van der Waals surface area contributed by atoms with Crippen molar-refractivity contribution in [1.29, 1.82) is 0 Å². The molecule has 0 saturated heterocycles. The van der Waals surface area contributed by atoms with Gasteiger partial charge in [0, 0.05) is 23.7 Å². The molecule has 140 valence electrons. The maximum absolute atomic E-state index is 12.2. The SMILES string of the molecule is Cc1cccc(N(CCCC(=O)Nc2ccc(Cl)cc2C)S(C)(=O)=O)c1. The van der Waals surface area contributed by atoms with Gasteiger partial charge in [-0.1, -0.05) is 23.7 Å². The predicted molar refractivity (Wildman–Crippen MR) is 107 cm³/mol. The number of carbonyl (C=O) groups excluding carboxylic acids is 1. The van der Waals surface area contributed by atoms with Crippen LogP contribution in [-0.4, -0.2) is 27.1 Å². The number of carbonyl (C=O) groups is 1. The molecule has 0 fully saturated rings. The van der Waals surface area contributed by atoms with E-state index in [4.69, 9.17) is 11.6 Å². The average Bonchev–Trinajstić information content (AvgIpc) is 2.53. The summed E-state index contributed by atoms with van der Waals surface area (Å²) >= 11 is 5.91. The molecular formula is C19H23ClN2O3S. The van der Waals surface area contributed by atoms with Crippen molar-refractivity contribution in [3.63, 3.8) is 0 Å². The number of hydrogen-bond donors (Lipinski definition) is 1. The molecule has 0 aliphatic heterocycles. The van der Waals surface area contributed by atoms with E-state index in [9.17, 15) is 13.2 Å². The molecule has 0 bridgehead atoms. The average molecular weight is 395 g/mol. The quantitative estimate of drug-likeness (QED) is 0.767. The van der Waals surface area contributed by atoms with Crippen LogP contribution in [0.5, 0.6) is 0 Å². The molecule has 0 aliphatic carbocycles. The molecule has 0 radical (unpaired) electrons. The van der Waals surface area contributed by atoms with Gasteiger partial charge in [0.25, 0.3) is 0 Å². The third-order valence-corrected chi connectivity index (χ3v) is 5.35. The number of amides is 1. The van der Waals surface area contributed by atoms with Crippen LogP contribution >= 0.6 is 11.6 Å². The van der Waals surface area contributed by atoms with Crippen LogP contribution in [0, 0.1) is 13.8 Å². The number of nitrogens with zero attached hydrogens (tertiary/aromatic N) is 1. The lowest BCUT2D eigenvalue weighted by Crippen LogP contribution is -2.31. The third kappa shape index (κ3) is 5.75. The van der Waals surface area contributed by atoms with E-state index in [1.165, 1.54) is 10.6 Å². The Morgan fingerprint density at radius 3 is 2.50 bits per heavy atom. The number of aryl methyl sites for hydroxylation is 2. The van der Waals surface area contributed by atoms with Crippen molar-refractivity contribution in [2.45, 2.75) is 26.7 Å². The van der Waals surface area contributed by atoms with Gasteiger partial charge >= 0.3 is 0 Å². The molecule has 26 heavy (non-hydrogen) atoms.